The first kappa shape index (κ1) is 19.0. The predicted molar refractivity (Wildman–Crippen MR) is 124 cm³/mol. The maximum atomic E-state index is 5.67. The maximum absolute atomic E-state index is 5.67. The van der Waals surface area contributed by atoms with Gasteiger partial charge in [-0.05, 0) is 46.6 Å². The molecule has 5 rings (SSSR count). The van der Waals surface area contributed by atoms with Gasteiger partial charge in [0.1, 0.15) is 5.75 Å². The third-order valence-corrected chi connectivity index (χ3v) is 8.57. The van der Waals surface area contributed by atoms with Gasteiger partial charge < -0.3 is 9.30 Å². The molecule has 0 aliphatic heterocycles. The summed E-state index contributed by atoms with van der Waals surface area (Å²) < 4.78 is 8.31. The molecule has 151 valence electrons. The monoisotopic (exact) mass is 402 g/mol. The number of ether oxygens (including phenoxy) is 1. The van der Waals surface area contributed by atoms with Gasteiger partial charge in [0.05, 0.1) is 21.6 Å². The van der Waals surface area contributed by atoms with Crippen molar-refractivity contribution in [3.63, 3.8) is 0 Å². The molecule has 1 fully saturated rings. The molecule has 3 heteroatoms. The summed E-state index contributed by atoms with van der Waals surface area (Å²) in [6.07, 6.45) is 2.37. The zero-order valence-electron chi connectivity index (χ0n) is 18.8. The predicted octanol–water partition coefficient (Wildman–Crippen LogP) is 6.67. The van der Waals surface area contributed by atoms with Gasteiger partial charge in [-0.1, -0.05) is 65.1 Å². The Bertz CT molecular complexity index is 1120. The van der Waals surface area contributed by atoms with Gasteiger partial charge in [0.15, 0.2) is 0 Å². The highest BCUT2D eigenvalue weighted by Gasteiger charge is 2.70. The van der Waals surface area contributed by atoms with Crippen LogP contribution in [0, 0.1) is 10.8 Å². The highest BCUT2D eigenvalue weighted by atomic mass is 28.3. The van der Waals surface area contributed by atoms with Crippen LogP contribution in [0.15, 0.2) is 42.5 Å². The summed E-state index contributed by atoms with van der Waals surface area (Å²) in [5.41, 5.74) is 7.84. The van der Waals surface area contributed by atoms with E-state index >= 15 is 0 Å². The minimum absolute atomic E-state index is 0.0379. The topological polar surface area (TPSA) is 14.2 Å². The molecule has 1 saturated carbocycles. The molecule has 1 radical (unpaired) electrons. The Morgan fingerprint density at radius 1 is 1.00 bits per heavy atom. The van der Waals surface area contributed by atoms with E-state index in [9.17, 15) is 0 Å². The van der Waals surface area contributed by atoms with E-state index in [0.717, 1.165) is 11.9 Å². The Morgan fingerprint density at radius 3 is 2.31 bits per heavy atom. The van der Waals surface area contributed by atoms with Crippen molar-refractivity contribution < 1.29 is 4.74 Å². The molecule has 0 bridgehead atoms. The van der Waals surface area contributed by atoms with Gasteiger partial charge in [0.2, 0.25) is 0 Å². The number of methoxy groups -OCH3 is 1. The largest absolute Gasteiger partial charge is 0.497 e. The summed E-state index contributed by atoms with van der Waals surface area (Å²) in [6.45, 7) is 14.7. The van der Waals surface area contributed by atoms with Crippen LogP contribution in [-0.2, 0) is 11.6 Å². The lowest BCUT2D eigenvalue weighted by atomic mass is 9.35. The van der Waals surface area contributed by atoms with E-state index in [-0.39, 0.29) is 16.2 Å². The van der Waals surface area contributed by atoms with Crippen molar-refractivity contribution in [3.8, 4) is 17.0 Å². The van der Waals surface area contributed by atoms with Crippen molar-refractivity contribution in [2.75, 3.05) is 7.11 Å². The number of benzene rings is 2. The SMILES string of the molecule is COc1ccc2c(c1)c1c(n2C[Si](C)C)-c2ccccc2C12C(C)(C)CC2(C)C. The molecule has 2 aliphatic rings. The average Bonchev–Trinajstić information content (AvgIpc) is 3.13. The van der Waals surface area contributed by atoms with Crippen LogP contribution in [0.3, 0.4) is 0 Å². The highest BCUT2D eigenvalue weighted by molar-refractivity contribution is 6.54. The summed E-state index contributed by atoms with van der Waals surface area (Å²) in [5.74, 6) is 0.956. The summed E-state index contributed by atoms with van der Waals surface area (Å²) in [4.78, 5) is 0. The third-order valence-electron chi connectivity index (χ3n) is 7.62. The van der Waals surface area contributed by atoms with Crippen LogP contribution < -0.4 is 4.74 Å². The molecule has 0 N–H and O–H groups in total. The van der Waals surface area contributed by atoms with E-state index in [0.29, 0.717) is 0 Å². The van der Waals surface area contributed by atoms with Crippen molar-refractivity contribution in [1.82, 2.24) is 4.57 Å². The van der Waals surface area contributed by atoms with Crippen LogP contribution >= 0.6 is 0 Å². The maximum Gasteiger partial charge on any atom is 0.119 e. The fraction of sp³-hybridized carbons (Fsp3) is 0.462. The molecule has 1 spiro atoms. The van der Waals surface area contributed by atoms with E-state index in [4.69, 9.17) is 4.74 Å². The molecule has 29 heavy (non-hydrogen) atoms. The smallest absolute Gasteiger partial charge is 0.119 e. The number of aromatic nitrogens is 1. The van der Waals surface area contributed by atoms with Gasteiger partial charge in [-0.3, -0.25) is 0 Å². The van der Waals surface area contributed by atoms with Crippen LogP contribution in [0.25, 0.3) is 22.2 Å². The summed E-state index contributed by atoms with van der Waals surface area (Å²) in [5, 5.41) is 1.39. The van der Waals surface area contributed by atoms with Gasteiger partial charge in [-0.25, -0.2) is 0 Å². The lowest BCUT2D eigenvalue weighted by Crippen LogP contribution is -2.63. The van der Waals surface area contributed by atoms with Crippen LogP contribution in [0.4, 0.5) is 0 Å². The Balaban J connectivity index is 1.99. The lowest BCUT2D eigenvalue weighted by Gasteiger charge is -2.67. The summed E-state index contributed by atoms with van der Waals surface area (Å²) in [7, 11) is 1.34. The second-order valence-electron chi connectivity index (χ2n) is 10.6. The normalized spacial score (nSPS) is 20.0. The third kappa shape index (κ3) is 2.12. The molecular formula is C26H32NOSi. The zero-order chi connectivity index (χ0) is 20.8. The van der Waals surface area contributed by atoms with Gasteiger partial charge in [0.25, 0.3) is 0 Å². The van der Waals surface area contributed by atoms with Crippen LogP contribution in [0.2, 0.25) is 13.1 Å². The van der Waals surface area contributed by atoms with Gasteiger partial charge >= 0.3 is 0 Å². The molecule has 2 nitrogen and oxygen atoms in total. The Morgan fingerprint density at radius 2 is 1.69 bits per heavy atom. The minimum Gasteiger partial charge on any atom is -0.497 e. The van der Waals surface area contributed by atoms with E-state index in [2.05, 4.69) is 87.8 Å². The lowest BCUT2D eigenvalue weighted by molar-refractivity contribution is -0.0849. The Labute approximate surface area is 176 Å². The standard InChI is InChI=1S/C26H32NOSi/c1-24(2)15-25(3,4)26(24)20-11-9-8-10-18(20)23-22(26)19-14-17(28-5)12-13-21(19)27(23)16-29(6)7/h8-14H,15-16H2,1-7H3. The molecule has 2 aromatic carbocycles. The minimum atomic E-state index is -0.436. The first-order chi connectivity index (χ1) is 13.7. The molecule has 0 saturated heterocycles. The molecule has 0 amide bonds. The number of rotatable bonds is 3. The van der Waals surface area contributed by atoms with Crippen molar-refractivity contribution in [2.45, 2.75) is 58.8 Å². The van der Waals surface area contributed by atoms with Gasteiger partial charge in [-0.15, -0.1) is 0 Å². The molecule has 1 aromatic heterocycles. The van der Waals surface area contributed by atoms with E-state index in [1.165, 1.54) is 34.1 Å². The van der Waals surface area contributed by atoms with Crippen molar-refractivity contribution in [2.24, 2.45) is 10.8 Å². The molecule has 0 unspecified atom stereocenters. The van der Waals surface area contributed by atoms with E-state index in [1.54, 1.807) is 12.7 Å². The van der Waals surface area contributed by atoms with Gasteiger partial charge in [-0.2, -0.15) is 0 Å². The zero-order valence-corrected chi connectivity index (χ0v) is 19.8. The first-order valence-corrected chi connectivity index (χ1v) is 13.5. The Kier molecular flexibility index (Phi) is 3.79. The fourth-order valence-electron chi connectivity index (χ4n) is 7.34. The van der Waals surface area contributed by atoms with Gasteiger partial charge in [0, 0.05) is 28.0 Å². The van der Waals surface area contributed by atoms with Crippen molar-refractivity contribution >= 4 is 19.7 Å². The quantitative estimate of drug-likeness (QED) is 0.446. The average molecular weight is 403 g/mol. The molecule has 2 aliphatic carbocycles. The summed E-state index contributed by atoms with van der Waals surface area (Å²) >= 11 is 0. The van der Waals surface area contributed by atoms with Crippen LogP contribution in [-0.4, -0.2) is 20.5 Å². The molecular weight excluding hydrogens is 370 g/mol. The number of hydrogen-bond acceptors (Lipinski definition) is 1. The first-order valence-electron chi connectivity index (χ1n) is 10.8. The number of fused-ring (bicyclic) bond motifs is 7. The number of hydrogen-bond donors (Lipinski definition) is 0. The van der Waals surface area contributed by atoms with E-state index in [1.807, 2.05) is 0 Å². The molecule has 3 aromatic rings. The number of nitrogens with zero attached hydrogens (tertiary/aromatic N) is 1. The van der Waals surface area contributed by atoms with Crippen LogP contribution in [0.1, 0.15) is 45.2 Å². The highest BCUT2D eigenvalue weighted by Crippen LogP contribution is 2.76. The second-order valence-corrected chi connectivity index (χ2v) is 13.4. The fourth-order valence-corrected chi connectivity index (χ4v) is 8.30. The van der Waals surface area contributed by atoms with Crippen molar-refractivity contribution in [1.29, 1.82) is 0 Å². The molecule has 0 atom stereocenters. The second kappa shape index (κ2) is 5.78. The van der Waals surface area contributed by atoms with E-state index < -0.39 is 8.80 Å². The van der Waals surface area contributed by atoms with Crippen LogP contribution in [0.5, 0.6) is 5.75 Å². The molecule has 1 heterocycles. The van der Waals surface area contributed by atoms with Crippen molar-refractivity contribution in [3.05, 3.63) is 53.6 Å². The Hall–Kier alpha value is -2.00. The summed E-state index contributed by atoms with van der Waals surface area (Å²) in [6, 6.07) is 15.9.